The predicted molar refractivity (Wildman–Crippen MR) is 110 cm³/mol. The minimum atomic E-state index is -3.92. The maximum Gasteiger partial charge on any atom is 0.264 e. The summed E-state index contributed by atoms with van der Waals surface area (Å²) >= 11 is 18.2. The molecule has 0 heterocycles. The van der Waals surface area contributed by atoms with E-state index in [9.17, 15) is 8.42 Å². The van der Waals surface area contributed by atoms with E-state index in [1.807, 2.05) is 0 Å². The summed E-state index contributed by atoms with van der Waals surface area (Å²) < 4.78 is 27.9. The van der Waals surface area contributed by atoms with Crippen LogP contribution < -0.4 is 4.31 Å². The topological polar surface area (TPSA) is 86.1 Å². The Balaban J connectivity index is 2.49. The second-order valence-electron chi connectivity index (χ2n) is 5.80. The summed E-state index contributed by atoms with van der Waals surface area (Å²) in [5.74, 6) is 0. The van der Waals surface area contributed by atoms with E-state index in [0.717, 1.165) is 0 Å². The van der Waals surface area contributed by atoms with Gasteiger partial charge in [0, 0.05) is 27.5 Å². The van der Waals surface area contributed by atoms with Crippen molar-refractivity contribution in [3.05, 3.63) is 68.0 Å². The molecular weight excluding hydrogens is 431 g/mol. The molecule has 2 aromatic carbocycles. The summed E-state index contributed by atoms with van der Waals surface area (Å²) in [5, 5.41) is 4.55. The molecule has 2 rings (SSSR count). The number of azide groups is 1. The van der Waals surface area contributed by atoms with E-state index >= 15 is 0 Å². The fourth-order valence-electron chi connectivity index (χ4n) is 2.60. The number of sulfonamides is 1. The van der Waals surface area contributed by atoms with E-state index in [-0.39, 0.29) is 22.2 Å². The van der Waals surface area contributed by atoms with E-state index in [1.165, 1.54) is 34.6 Å². The molecule has 27 heavy (non-hydrogen) atoms. The first-order valence-corrected chi connectivity index (χ1v) is 10.6. The molecule has 6 nitrogen and oxygen atoms in total. The zero-order valence-corrected chi connectivity index (χ0v) is 17.5. The van der Waals surface area contributed by atoms with Gasteiger partial charge in [0.2, 0.25) is 0 Å². The highest BCUT2D eigenvalue weighted by atomic mass is 35.5. The summed E-state index contributed by atoms with van der Waals surface area (Å²) in [6, 6.07) is 10.1. The van der Waals surface area contributed by atoms with Crippen molar-refractivity contribution in [3.8, 4) is 0 Å². The van der Waals surface area contributed by atoms with Crippen molar-refractivity contribution in [1.29, 1.82) is 0 Å². The standard InChI is InChI=1S/C17H17Cl3N4O2S/c1-12(3-2-10-22-23-21)24(17-11-14(19)6-9-16(17)20)27(25,26)15-7-4-13(18)5-8-15/h4-9,11-12H,2-3,10H2,1H3/t12-/m1/s1. The molecule has 0 fully saturated rings. The maximum absolute atomic E-state index is 13.3. The Kier molecular flexibility index (Phi) is 7.65. The number of nitrogens with zero attached hydrogens (tertiary/aromatic N) is 4. The second kappa shape index (κ2) is 9.53. The van der Waals surface area contributed by atoms with Gasteiger partial charge in [0.1, 0.15) is 0 Å². The summed E-state index contributed by atoms with van der Waals surface area (Å²) in [6.07, 6.45) is 0.991. The molecule has 0 aliphatic heterocycles. The van der Waals surface area contributed by atoms with E-state index in [1.54, 1.807) is 19.1 Å². The fraction of sp³-hybridized carbons (Fsp3) is 0.294. The summed E-state index contributed by atoms with van der Waals surface area (Å²) in [5.41, 5.74) is 8.68. The van der Waals surface area contributed by atoms with Crippen LogP contribution in [0.25, 0.3) is 10.4 Å². The average Bonchev–Trinajstić information content (AvgIpc) is 2.62. The van der Waals surface area contributed by atoms with Gasteiger partial charge in [0.25, 0.3) is 10.0 Å². The lowest BCUT2D eigenvalue weighted by atomic mass is 10.1. The Labute approximate surface area is 173 Å². The van der Waals surface area contributed by atoms with Gasteiger partial charge in [0.15, 0.2) is 0 Å². The minimum Gasteiger partial charge on any atom is -0.262 e. The molecule has 0 radical (unpaired) electrons. The second-order valence-corrected chi connectivity index (χ2v) is 8.89. The van der Waals surface area contributed by atoms with Crippen LogP contribution in [0.15, 0.2) is 52.5 Å². The molecule has 0 spiro atoms. The van der Waals surface area contributed by atoms with Crippen LogP contribution in [0.5, 0.6) is 0 Å². The summed E-state index contributed by atoms with van der Waals surface area (Å²) in [6.45, 7) is 2.04. The summed E-state index contributed by atoms with van der Waals surface area (Å²) in [7, 11) is -3.92. The van der Waals surface area contributed by atoms with Crippen LogP contribution in [-0.2, 0) is 10.0 Å². The lowest BCUT2D eigenvalue weighted by Crippen LogP contribution is -2.39. The molecule has 0 aliphatic rings. The highest BCUT2D eigenvalue weighted by Gasteiger charge is 2.31. The van der Waals surface area contributed by atoms with Crippen LogP contribution in [-0.4, -0.2) is 21.0 Å². The smallest absolute Gasteiger partial charge is 0.262 e. The van der Waals surface area contributed by atoms with Crippen LogP contribution >= 0.6 is 34.8 Å². The molecule has 0 saturated carbocycles. The lowest BCUT2D eigenvalue weighted by Gasteiger charge is -2.31. The first kappa shape index (κ1) is 21.7. The summed E-state index contributed by atoms with van der Waals surface area (Å²) in [4.78, 5) is 2.80. The van der Waals surface area contributed by atoms with Gasteiger partial charge in [-0.1, -0.05) is 39.9 Å². The molecule has 10 heteroatoms. The Morgan fingerprint density at radius 2 is 1.74 bits per heavy atom. The number of hydrogen-bond donors (Lipinski definition) is 0. The first-order chi connectivity index (χ1) is 12.8. The number of hydrogen-bond acceptors (Lipinski definition) is 3. The van der Waals surface area contributed by atoms with Crippen molar-refractivity contribution >= 4 is 50.5 Å². The van der Waals surface area contributed by atoms with Gasteiger partial charge in [-0.3, -0.25) is 4.31 Å². The minimum absolute atomic E-state index is 0.0878. The Bertz CT molecular complexity index is 945. The van der Waals surface area contributed by atoms with Crippen LogP contribution in [0.3, 0.4) is 0 Å². The third-order valence-electron chi connectivity index (χ3n) is 3.86. The van der Waals surface area contributed by atoms with E-state index in [0.29, 0.717) is 22.9 Å². The average molecular weight is 448 g/mol. The van der Waals surface area contributed by atoms with Gasteiger partial charge in [0.05, 0.1) is 15.6 Å². The first-order valence-electron chi connectivity index (χ1n) is 8.03. The largest absolute Gasteiger partial charge is 0.264 e. The van der Waals surface area contributed by atoms with Gasteiger partial charge < -0.3 is 0 Å². The van der Waals surface area contributed by atoms with E-state index < -0.39 is 16.1 Å². The number of halogens is 3. The highest BCUT2D eigenvalue weighted by Crippen LogP contribution is 2.35. The SMILES string of the molecule is C[C@H](CCCN=[N+]=[N-])N(c1cc(Cl)ccc1Cl)S(=O)(=O)c1ccc(Cl)cc1. The molecular formula is C17H17Cl3N4O2S. The maximum atomic E-state index is 13.3. The number of anilines is 1. The monoisotopic (exact) mass is 446 g/mol. The van der Waals surface area contributed by atoms with E-state index in [2.05, 4.69) is 10.0 Å². The Morgan fingerprint density at radius 1 is 1.11 bits per heavy atom. The van der Waals surface area contributed by atoms with Crippen LogP contribution in [0.4, 0.5) is 5.69 Å². The molecule has 1 atom stereocenters. The van der Waals surface area contributed by atoms with Crippen molar-refractivity contribution in [2.45, 2.75) is 30.7 Å². The van der Waals surface area contributed by atoms with Gasteiger partial charge in [-0.2, -0.15) is 0 Å². The lowest BCUT2D eigenvalue weighted by molar-refractivity contribution is 0.565. The third-order valence-corrected chi connectivity index (χ3v) is 6.61. The van der Waals surface area contributed by atoms with Gasteiger partial charge in [-0.25, -0.2) is 8.42 Å². The van der Waals surface area contributed by atoms with Crippen LogP contribution in [0.1, 0.15) is 19.8 Å². The Morgan fingerprint density at radius 3 is 2.37 bits per heavy atom. The number of rotatable bonds is 8. The van der Waals surface area contributed by atoms with Crippen molar-refractivity contribution in [2.75, 3.05) is 10.8 Å². The van der Waals surface area contributed by atoms with Crippen LogP contribution in [0.2, 0.25) is 15.1 Å². The van der Waals surface area contributed by atoms with Crippen LogP contribution in [0, 0.1) is 0 Å². The molecule has 0 aliphatic carbocycles. The normalized spacial score (nSPS) is 12.3. The third kappa shape index (κ3) is 5.43. The molecule has 0 saturated heterocycles. The number of benzene rings is 2. The fourth-order valence-corrected chi connectivity index (χ4v) is 4.85. The zero-order valence-electron chi connectivity index (χ0n) is 14.4. The van der Waals surface area contributed by atoms with Gasteiger partial charge in [-0.05, 0) is 67.8 Å². The Hall–Kier alpha value is -1.63. The highest BCUT2D eigenvalue weighted by molar-refractivity contribution is 7.92. The van der Waals surface area contributed by atoms with Crippen molar-refractivity contribution in [2.24, 2.45) is 5.11 Å². The molecule has 0 N–H and O–H groups in total. The van der Waals surface area contributed by atoms with Gasteiger partial charge >= 0.3 is 0 Å². The zero-order chi connectivity index (χ0) is 20.0. The molecule has 0 bridgehead atoms. The molecule has 144 valence electrons. The quantitative estimate of drug-likeness (QED) is 0.205. The predicted octanol–water partition coefficient (Wildman–Crippen LogP) is 6.32. The van der Waals surface area contributed by atoms with Crippen molar-refractivity contribution in [3.63, 3.8) is 0 Å². The molecule has 0 aromatic heterocycles. The molecule has 0 amide bonds. The van der Waals surface area contributed by atoms with Crippen molar-refractivity contribution in [1.82, 2.24) is 0 Å². The van der Waals surface area contributed by atoms with Gasteiger partial charge in [-0.15, -0.1) is 0 Å². The van der Waals surface area contributed by atoms with Crippen molar-refractivity contribution < 1.29 is 8.42 Å². The molecule has 0 unspecified atom stereocenters. The van der Waals surface area contributed by atoms with E-state index in [4.69, 9.17) is 40.3 Å². The molecule has 2 aromatic rings.